The van der Waals surface area contributed by atoms with Gasteiger partial charge in [-0.2, -0.15) is 11.8 Å². The zero-order chi connectivity index (χ0) is 9.68. The van der Waals surface area contributed by atoms with E-state index < -0.39 is 0 Å². The lowest BCUT2D eigenvalue weighted by molar-refractivity contribution is 0.899. The maximum atomic E-state index is 5.83. The third kappa shape index (κ3) is 3.40. The summed E-state index contributed by atoms with van der Waals surface area (Å²) in [6.45, 7) is 2.08. The van der Waals surface area contributed by atoms with Crippen LogP contribution in [-0.4, -0.2) is 28.0 Å². The molecule has 0 bridgehead atoms. The number of anilines is 1. The molecule has 1 unspecified atom stereocenters. The number of thioether (sulfide) groups is 1. The summed E-state index contributed by atoms with van der Waals surface area (Å²) in [5.74, 6) is 1.68. The molecule has 0 saturated heterocycles. The Balaban J connectivity index is 2.58. The predicted octanol–water partition coefficient (Wildman–Crippen LogP) is 2.29. The molecule has 1 N–H and O–H groups in total. The van der Waals surface area contributed by atoms with Gasteiger partial charge >= 0.3 is 0 Å². The van der Waals surface area contributed by atoms with E-state index in [0.29, 0.717) is 17.0 Å². The zero-order valence-electron chi connectivity index (χ0n) is 7.62. The average molecular weight is 218 g/mol. The molecule has 3 nitrogen and oxygen atoms in total. The van der Waals surface area contributed by atoms with Crippen LogP contribution in [0.5, 0.6) is 0 Å². The standard InChI is InChI=1S/C8H12ClN3S/c1-6(5-13-2)12-8-7(9)10-3-4-11-8/h3-4,6H,5H2,1-2H3,(H,11,12). The van der Waals surface area contributed by atoms with Crippen molar-refractivity contribution in [1.82, 2.24) is 9.97 Å². The highest BCUT2D eigenvalue weighted by Gasteiger charge is 2.05. The van der Waals surface area contributed by atoms with Crippen molar-refractivity contribution in [2.24, 2.45) is 0 Å². The Bertz CT molecular complexity index is 269. The summed E-state index contributed by atoms with van der Waals surface area (Å²) in [7, 11) is 0. The van der Waals surface area contributed by atoms with E-state index in [9.17, 15) is 0 Å². The minimum Gasteiger partial charge on any atom is -0.364 e. The van der Waals surface area contributed by atoms with E-state index in [1.165, 1.54) is 0 Å². The summed E-state index contributed by atoms with van der Waals surface area (Å²) in [4.78, 5) is 8.01. The first-order valence-electron chi connectivity index (χ1n) is 3.96. The molecule has 13 heavy (non-hydrogen) atoms. The number of nitrogens with zero attached hydrogens (tertiary/aromatic N) is 2. The molecule has 0 aromatic carbocycles. The van der Waals surface area contributed by atoms with Gasteiger partial charge in [-0.3, -0.25) is 0 Å². The van der Waals surface area contributed by atoms with E-state index in [-0.39, 0.29) is 0 Å². The molecule has 0 fully saturated rings. The van der Waals surface area contributed by atoms with Gasteiger partial charge in [-0.25, -0.2) is 9.97 Å². The minimum absolute atomic E-state index is 0.351. The van der Waals surface area contributed by atoms with Crippen molar-refractivity contribution in [3.05, 3.63) is 17.5 Å². The molecule has 1 heterocycles. The van der Waals surface area contributed by atoms with Crippen LogP contribution in [0.1, 0.15) is 6.92 Å². The summed E-state index contributed by atoms with van der Waals surface area (Å²) >= 11 is 7.61. The Labute approximate surface area is 87.3 Å². The van der Waals surface area contributed by atoms with Crippen LogP contribution in [0.25, 0.3) is 0 Å². The van der Waals surface area contributed by atoms with E-state index in [1.807, 2.05) is 0 Å². The maximum absolute atomic E-state index is 5.83. The van der Waals surface area contributed by atoms with Crippen LogP contribution in [-0.2, 0) is 0 Å². The molecular weight excluding hydrogens is 206 g/mol. The minimum atomic E-state index is 0.351. The lowest BCUT2D eigenvalue weighted by Crippen LogP contribution is -2.18. The van der Waals surface area contributed by atoms with Crippen molar-refractivity contribution in [1.29, 1.82) is 0 Å². The quantitative estimate of drug-likeness (QED) is 0.840. The first-order valence-corrected chi connectivity index (χ1v) is 5.73. The molecule has 0 saturated carbocycles. The van der Waals surface area contributed by atoms with Crippen LogP contribution in [0.2, 0.25) is 5.15 Å². The highest BCUT2D eigenvalue weighted by atomic mass is 35.5. The number of nitrogens with one attached hydrogen (secondary N) is 1. The fourth-order valence-electron chi connectivity index (χ4n) is 0.943. The summed E-state index contributed by atoms with van der Waals surface area (Å²) in [6.07, 6.45) is 5.27. The van der Waals surface area contributed by atoms with Crippen molar-refractivity contribution in [3.8, 4) is 0 Å². The smallest absolute Gasteiger partial charge is 0.171 e. The Morgan fingerprint density at radius 1 is 1.54 bits per heavy atom. The van der Waals surface area contributed by atoms with Gasteiger partial charge in [-0.05, 0) is 13.2 Å². The summed E-state index contributed by atoms with van der Waals surface area (Å²) in [5.41, 5.74) is 0. The molecule has 0 aliphatic carbocycles. The van der Waals surface area contributed by atoms with Gasteiger partial charge in [0.15, 0.2) is 11.0 Å². The first-order chi connectivity index (χ1) is 6.24. The monoisotopic (exact) mass is 217 g/mol. The van der Waals surface area contributed by atoms with E-state index >= 15 is 0 Å². The van der Waals surface area contributed by atoms with Gasteiger partial charge in [0.2, 0.25) is 0 Å². The van der Waals surface area contributed by atoms with Gasteiger partial charge in [0.1, 0.15) is 0 Å². The Hall–Kier alpha value is -0.480. The molecule has 1 aromatic heterocycles. The Morgan fingerprint density at radius 3 is 2.85 bits per heavy atom. The molecule has 0 spiro atoms. The number of hydrogen-bond acceptors (Lipinski definition) is 4. The van der Waals surface area contributed by atoms with Crippen molar-refractivity contribution < 1.29 is 0 Å². The Morgan fingerprint density at radius 2 is 2.23 bits per heavy atom. The normalized spacial score (nSPS) is 12.5. The lowest BCUT2D eigenvalue weighted by Gasteiger charge is -2.12. The van der Waals surface area contributed by atoms with Crippen molar-refractivity contribution >= 4 is 29.2 Å². The third-order valence-corrected chi connectivity index (χ3v) is 2.56. The summed E-state index contributed by atoms with van der Waals surface area (Å²) in [5, 5.41) is 3.61. The number of aromatic nitrogens is 2. The van der Waals surface area contributed by atoms with Crippen molar-refractivity contribution in [3.63, 3.8) is 0 Å². The van der Waals surface area contributed by atoms with Crippen molar-refractivity contribution in [2.45, 2.75) is 13.0 Å². The van der Waals surface area contributed by atoms with E-state index in [1.54, 1.807) is 24.2 Å². The molecule has 0 aliphatic heterocycles. The molecule has 1 aromatic rings. The van der Waals surface area contributed by atoms with Gasteiger partial charge in [0, 0.05) is 24.2 Å². The molecule has 0 aliphatic rings. The van der Waals surface area contributed by atoms with Gasteiger partial charge in [-0.15, -0.1) is 0 Å². The highest BCUT2D eigenvalue weighted by Crippen LogP contribution is 2.15. The van der Waals surface area contributed by atoms with E-state index in [0.717, 1.165) is 5.75 Å². The molecule has 5 heteroatoms. The fourth-order valence-corrected chi connectivity index (χ4v) is 1.69. The van der Waals surface area contributed by atoms with Crippen LogP contribution < -0.4 is 5.32 Å². The molecular formula is C8H12ClN3S. The summed E-state index contributed by atoms with van der Waals surface area (Å²) < 4.78 is 0. The van der Waals surface area contributed by atoms with Crippen LogP contribution in [0.3, 0.4) is 0 Å². The second-order valence-electron chi connectivity index (χ2n) is 2.70. The number of hydrogen-bond donors (Lipinski definition) is 1. The molecule has 0 radical (unpaired) electrons. The lowest BCUT2D eigenvalue weighted by atomic mass is 10.4. The third-order valence-electron chi connectivity index (χ3n) is 1.45. The SMILES string of the molecule is CSCC(C)Nc1nccnc1Cl. The van der Waals surface area contributed by atoms with Gasteiger partial charge in [-0.1, -0.05) is 11.6 Å². The van der Waals surface area contributed by atoms with Gasteiger partial charge in [0.05, 0.1) is 0 Å². The maximum Gasteiger partial charge on any atom is 0.171 e. The molecule has 0 amide bonds. The predicted molar refractivity (Wildman–Crippen MR) is 58.5 cm³/mol. The van der Waals surface area contributed by atoms with Crippen molar-refractivity contribution in [2.75, 3.05) is 17.3 Å². The number of rotatable bonds is 4. The zero-order valence-corrected chi connectivity index (χ0v) is 9.19. The van der Waals surface area contributed by atoms with E-state index in [2.05, 4.69) is 28.5 Å². The van der Waals surface area contributed by atoms with Crippen LogP contribution in [0.4, 0.5) is 5.82 Å². The molecule has 72 valence electrons. The average Bonchev–Trinajstić information content (AvgIpc) is 2.09. The van der Waals surface area contributed by atoms with Gasteiger partial charge in [0.25, 0.3) is 0 Å². The topological polar surface area (TPSA) is 37.8 Å². The Kier molecular flexibility index (Phi) is 4.32. The summed E-state index contributed by atoms with van der Waals surface area (Å²) in [6, 6.07) is 0.351. The van der Waals surface area contributed by atoms with Crippen LogP contribution >= 0.6 is 23.4 Å². The largest absolute Gasteiger partial charge is 0.364 e. The highest BCUT2D eigenvalue weighted by molar-refractivity contribution is 7.98. The van der Waals surface area contributed by atoms with Gasteiger partial charge < -0.3 is 5.32 Å². The first kappa shape index (κ1) is 10.6. The second-order valence-corrected chi connectivity index (χ2v) is 3.97. The van der Waals surface area contributed by atoms with Crippen LogP contribution in [0.15, 0.2) is 12.4 Å². The fraction of sp³-hybridized carbons (Fsp3) is 0.500. The van der Waals surface area contributed by atoms with E-state index in [4.69, 9.17) is 11.6 Å². The molecule has 1 rings (SSSR count). The number of halogens is 1. The molecule has 1 atom stereocenters. The second kappa shape index (κ2) is 5.29. The van der Waals surface area contributed by atoms with Crippen LogP contribution in [0, 0.1) is 0 Å².